The maximum atomic E-state index is 6.10. The van der Waals surface area contributed by atoms with E-state index in [1.807, 2.05) is 0 Å². The molecule has 2 saturated heterocycles. The zero-order chi connectivity index (χ0) is 11.7. The number of quaternary nitrogens is 1. The SMILES string of the molecule is Cc1ccc([B-]23OCCC[NH+]2CCCO3)cc1. The first-order chi connectivity index (χ1) is 8.31. The first kappa shape index (κ1) is 11.3. The van der Waals surface area contributed by atoms with Crippen LogP contribution in [-0.2, 0) is 9.31 Å². The molecule has 0 radical (unpaired) electrons. The van der Waals surface area contributed by atoms with E-state index in [1.165, 1.54) is 28.9 Å². The summed E-state index contributed by atoms with van der Waals surface area (Å²) in [5.41, 5.74) is 2.51. The molecule has 3 rings (SSSR count). The number of benzene rings is 1. The van der Waals surface area contributed by atoms with E-state index in [4.69, 9.17) is 9.31 Å². The fraction of sp³-hybridized carbons (Fsp3) is 0.538. The van der Waals surface area contributed by atoms with Crippen LogP contribution in [0.5, 0.6) is 0 Å². The molecule has 0 spiro atoms. The average Bonchev–Trinajstić information content (AvgIpc) is 2.39. The minimum atomic E-state index is -1.27. The van der Waals surface area contributed by atoms with Crippen LogP contribution in [0.25, 0.3) is 0 Å². The molecule has 2 aliphatic rings. The second-order valence-electron chi connectivity index (χ2n) is 5.23. The van der Waals surface area contributed by atoms with E-state index in [2.05, 4.69) is 31.2 Å². The van der Waals surface area contributed by atoms with E-state index in [0.717, 1.165) is 26.1 Å². The normalized spacial score (nSPS) is 33.1. The highest BCUT2D eigenvalue weighted by Crippen LogP contribution is 2.10. The van der Waals surface area contributed by atoms with E-state index in [0.29, 0.717) is 0 Å². The molecule has 4 heteroatoms. The quantitative estimate of drug-likeness (QED) is 0.683. The Morgan fingerprint density at radius 3 is 2.18 bits per heavy atom. The molecule has 0 bridgehead atoms. The lowest BCUT2D eigenvalue weighted by Crippen LogP contribution is -3.28. The molecule has 0 atom stereocenters. The molecule has 3 nitrogen and oxygen atoms in total. The summed E-state index contributed by atoms with van der Waals surface area (Å²) in [6, 6.07) is 8.65. The van der Waals surface area contributed by atoms with E-state index in [1.54, 1.807) is 0 Å². The van der Waals surface area contributed by atoms with Gasteiger partial charge in [0.2, 0.25) is 0 Å². The number of nitrogens with one attached hydrogen (secondary N) is 1. The van der Waals surface area contributed by atoms with Crippen molar-refractivity contribution in [2.45, 2.75) is 19.8 Å². The molecule has 2 aliphatic heterocycles. The van der Waals surface area contributed by atoms with Crippen LogP contribution < -0.4 is 10.3 Å². The monoisotopic (exact) mass is 233 g/mol. The van der Waals surface area contributed by atoms with Crippen molar-refractivity contribution in [3.05, 3.63) is 29.8 Å². The second-order valence-corrected chi connectivity index (χ2v) is 5.23. The molecule has 0 aromatic heterocycles. The minimum Gasteiger partial charge on any atom is -0.509 e. The lowest BCUT2D eigenvalue weighted by atomic mass is 9.59. The largest absolute Gasteiger partial charge is 0.509 e. The van der Waals surface area contributed by atoms with Crippen molar-refractivity contribution in [2.75, 3.05) is 26.3 Å². The van der Waals surface area contributed by atoms with E-state index in [9.17, 15) is 0 Å². The van der Waals surface area contributed by atoms with Gasteiger partial charge in [0.25, 0.3) is 0 Å². The highest BCUT2D eigenvalue weighted by molar-refractivity contribution is 6.73. The Hall–Kier alpha value is -0.835. The van der Waals surface area contributed by atoms with Gasteiger partial charge in [-0.25, -0.2) is 0 Å². The Morgan fingerprint density at radius 1 is 1.00 bits per heavy atom. The molecule has 17 heavy (non-hydrogen) atoms. The molecule has 0 saturated carbocycles. The van der Waals surface area contributed by atoms with Gasteiger partial charge in [-0.2, -0.15) is 0 Å². The highest BCUT2D eigenvalue weighted by atomic mass is 16.6. The molecule has 92 valence electrons. The van der Waals surface area contributed by atoms with Crippen molar-refractivity contribution in [3.8, 4) is 0 Å². The van der Waals surface area contributed by atoms with Crippen molar-refractivity contribution in [1.82, 2.24) is 0 Å². The second kappa shape index (κ2) is 4.44. The Kier molecular flexibility index (Phi) is 2.95. The molecule has 0 aliphatic carbocycles. The van der Waals surface area contributed by atoms with E-state index < -0.39 is 6.69 Å². The fourth-order valence-corrected chi connectivity index (χ4v) is 3.13. The third kappa shape index (κ3) is 1.90. The third-order valence-corrected chi connectivity index (χ3v) is 4.04. The van der Waals surface area contributed by atoms with Crippen LogP contribution in [0.3, 0.4) is 0 Å². The lowest BCUT2D eigenvalue weighted by Gasteiger charge is -2.52. The van der Waals surface area contributed by atoms with Crippen LogP contribution in [-0.4, -0.2) is 33.0 Å². The Labute approximate surface area is 103 Å². The smallest absolute Gasteiger partial charge is 0.500 e. The van der Waals surface area contributed by atoms with Gasteiger partial charge in [-0.1, -0.05) is 35.3 Å². The van der Waals surface area contributed by atoms with Gasteiger partial charge in [0.05, 0.1) is 0 Å². The highest BCUT2D eigenvalue weighted by Gasteiger charge is 2.47. The van der Waals surface area contributed by atoms with Crippen molar-refractivity contribution in [1.29, 1.82) is 0 Å². The predicted octanol–water partition coefficient (Wildman–Crippen LogP) is -0.134. The Morgan fingerprint density at radius 2 is 1.59 bits per heavy atom. The van der Waals surface area contributed by atoms with Crippen LogP contribution >= 0.6 is 0 Å². The topological polar surface area (TPSA) is 22.9 Å². The van der Waals surface area contributed by atoms with Gasteiger partial charge in [0, 0.05) is 39.1 Å². The maximum absolute atomic E-state index is 6.10. The molecule has 1 aromatic rings. The number of rotatable bonds is 1. The van der Waals surface area contributed by atoms with Gasteiger partial charge in [0.1, 0.15) is 0 Å². The molecule has 0 amide bonds. The summed E-state index contributed by atoms with van der Waals surface area (Å²) < 4.78 is 12.2. The number of fused-ring (bicyclic) bond motifs is 1. The number of aryl methyl sites for hydroxylation is 1. The molecular weight excluding hydrogens is 213 g/mol. The lowest BCUT2D eigenvalue weighted by molar-refractivity contribution is -0.825. The molecule has 1 N–H and O–H groups in total. The van der Waals surface area contributed by atoms with Crippen molar-refractivity contribution < 1.29 is 14.1 Å². The Balaban J connectivity index is 1.97. The predicted molar refractivity (Wildman–Crippen MR) is 68.4 cm³/mol. The zero-order valence-corrected chi connectivity index (χ0v) is 10.4. The van der Waals surface area contributed by atoms with Gasteiger partial charge in [0.15, 0.2) is 0 Å². The standard InChI is InChI=1S/C13H20BNO2/c1-12-4-6-13(7-5-12)14-15(8-2-10-16-14)9-3-11-17-14/h4-7,15H,2-3,8-11H2,1H3. The van der Waals surface area contributed by atoms with Gasteiger partial charge < -0.3 is 14.1 Å². The van der Waals surface area contributed by atoms with Crippen molar-refractivity contribution in [2.24, 2.45) is 0 Å². The van der Waals surface area contributed by atoms with Gasteiger partial charge in [-0.15, -0.1) is 0 Å². The van der Waals surface area contributed by atoms with Crippen LogP contribution in [0.4, 0.5) is 0 Å². The van der Waals surface area contributed by atoms with Crippen molar-refractivity contribution >= 4 is 12.1 Å². The summed E-state index contributed by atoms with van der Waals surface area (Å²) in [6.45, 7) is 4.85. The molecule has 2 fully saturated rings. The molecule has 0 unspecified atom stereocenters. The molecule has 1 aromatic carbocycles. The summed E-state index contributed by atoms with van der Waals surface area (Å²) in [4.78, 5) is 1.49. The summed E-state index contributed by atoms with van der Waals surface area (Å²) in [5, 5.41) is 0. The van der Waals surface area contributed by atoms with E-state index in [-0.39, 0.29) is 0 Å². The first-order valence-corrected chi connectivity index (χ1v) is 6.65. The van der Waals surface area contributed by atoms with Gasteiger partial charge in [-0.3, -0.25) is 0 Å². The zero-order valence-electron chi connectivity index (χ0n) is 10.4. The fourth-order valence-electron chi connectivity index (χ4n) is 3.13. The Bertz CT molecular complexity index is 381. The summed E-state index contributed by atoms with van der Waals surface area (Å²) in [5.74, 6) is 0. The number of hydrogen-bond acceptors (Lipinski definition) is 2. The van der Waals surface area contributed by atoms with Crippen LogP contribution in [0.1, 0.15) is 18.4 Å². The minimum absolute atomic E-state index is 0.831. The van der Waals surface area contributed by atoms with Gasteiger partial charge in [-0.05, 0) is 6.92 Å². The summed E-state index contributed by atoms with van der Waals surface area (Å²) >= 11 is 0. The molecular formula is C13H20BNO2. The van der Waals surface area contributed by atoms with E-state index >= 15 is 0 Å². The summed E-state index contributed by atoms with van der Waals surface area (Å²) in [7, 11) is 0. The maximum Gasteiger partial charge on any atom is 0.500 e. The first-order valence-electron chi connectivity index (χ1n) is 6.65. The van der Waals surface area contributed by atoms with Crippen LogP contribution in [0, 0.1) is 6.92 Å². The van der Waals surface area contributed by atoms with Crippen LogP contribution in [0.15, 0.2) is 24.3 Å². The van der Waals surface area contributed by atoms with Gasteiger partial charge >= 0.3 is 6.69 Å². The summed E-state index contributed by atoms with van der Waals surface area (Å²) in [6.07, 6.45) is 2.29. The third-order valence-electron chi connectivity index (χ3n) is 4.04. The molecule has 2 heterocycles. The number of hydrogen-bond donors (Lipinski definition) is 1. The van der Waals surface area contributed by atoms with Crippen LogP contribution in [0.2, 0.25) is 0 Å². The average molecular weight is 233 g/mol. The van der Waals surface area contributed by atoms with Crippen molar-refractivity contribution in [3.63, 3.8) is 0 Å².